The van der Waals surface area contributed by atoms with E-state index in [-0.39, 0.29) is 24.5 Å². The largest absolute Gasteiger partial charge is 0.480 e. The smallest absolute Gasteiger partial charge is 0.328 e. The van der Waals surface area contributed by atoms with Gasteiger partial charge in [0.15, 0.2) is 0 Å². The van der Waals surface area contributed by atoms with Crippen molar-refractivity contribution < 1.29 is 34.1 Å². The van der Waals surface area contributed by atoms with Gasteiger partial charge in [-0.3, -0.25) is 14.4 Å². The molecule has 0 aliphatic rings. The third-order valence-electron chi connectivity index (χ3n) is 9.90. The molecule has 2 atom stereocenters. The van der Waals surface area contributed by atoms with Crippen molar-refractivity contribution in [1.82, 2.24) is 10.6 Å². The maximum atomic E-state index is 12.8. The number of amides is 2. The van der Waals surface area contributed by atoms with Crippen LogP contribution in [-0.4, -0.2) is 59.3 Å². The topological polar surface area (TPSA) is 142 Å². The fraction of sp³-hybridized carbons (Fsp3) is 0.783. The zero-order chi connectivity index (χ0) is 40.5. The maximum absolute atomic E-state index is 12.8. The van der Waals surface area contributed by atoms with Gasteiger partial charge in [0.05, 0.1) is 13.2 Å². The molecule has 0 saturated heterocycles. The average molecular weight is 775 g/mol. The van der Waals surface area contributed by atoms with Crippen LogP contribution >= 0.6 is 0 Å². The number of aliphatic hydroxyl groups is 1. The lowest BCUT2D eigenvalue weighted by atomic mass is 10.0. The van der Waals surface area contributed by atoms with Crippen molar-refractivity contribution >= 4 is 23.8 Å². The minimum Gasteiger partial charge on any atom is -0.480 e. The van der Waals surface area contributed by atoms with Crippen molar-refractivity contribution in [2.24, 2.45) is 0 Å². The number of unbranched alkanes of at least 4 members (excludes halogenated alkanes) is 20. The highest BCUT2D eigenvalue weighted by Crippen LogP contribution is 2.19. The van der Waals surface area contributed by atoms with E-state index in [1.54, 1.807) is 0 Å². The van der Waals surface area contributed by atoms with E-state index in [9.17, 15) is 19.2 Å². The number of carbonyl (C=O) groups excluding carboxylic acids is 3. The van der Waals surface area contributed by atoms with E-state index in [0.29, 0.717) is 19.3 Å². The molecule has 0 rings (SSSR count). The summed E-state index contributed by atoms with van der Waals surface area (Å²) in [5.41, 5.74) is 0. The standard InChI is InChI=1S/C46H82N2O7/c1-3-5-7-9-11-13-15-17-19-20-22-24-27-31-35-41(55-45(52)38-34-30-25-23-21-18-16-14-12-10-8-6-4-2)36-32-28-26-29-33-37-43(50)47-39-44(51)48-42(40-49)46(53)54/h6,8,12,14,18,21,41-42,49H,3-5,7,9-11,13,15-17,19-20,22-40H2,1-2H3,(H,47,50)(H,48,51)(H,53,54)/b8-6-,14-12-,21-18-. The Bertz CT molecular complexity index is 1030. The van der Waals surface area contributed by atoms with Gasteiger partial charge in [0, 0.05) is 12.8 Å². The van der Waals surface area contributed by atoms with Crippen LogP contribution in [0.2, 0.25) is 0 Å². The Morgan fingerprint density at radius 1 is 0.564 bits per heavy atom. The van der Waals surface area contributed by atoms with Crippen LogP contribution in [0.1, 0.15) is 206 Å². The van der Waals surface area contributed by atoms with Gasteiger partial charge in [0.25, 0.3) is 0 Å². The molecule has 0 radical (unpaired) electrons. The monoisotopic (exact) mass is 775 g/mol. The molecular weight excluding hydrogens is 693 g/mol. The number of carboxylic acids is 1. The summed E-state index contributed by atoms with van der Waals surface area (Å²) < 4.78 is 6.02. The number of esters is 1. The normalized spacial score (nSPS) is 12.8. The molecule has 0 aromatic carbocycles. The first-order valence-electron chi connectivity index (χ1n) is 22.4. The van der Waals surface area contributed by atoms with Gasteiger partial charge in [-0.15, -0.1) is 0 Å². The molecule has 0 heterocycles. The van der Waals surface area contributed by atoms with Gasteiger partial charge in [-0.2, -0.15) is 0 Å². The Balaban J connectivity index is 4.36. The van der Waals surface area contributed by atoms with Crippen molar-refractivity contribution in [2.45, 2.75) is 219 Å². The van der Waals surface area contributed by atoms with Crippen LogP contribution in [0.3, 0.4) is 0 Å². The third kappa shape index (κ3) is 37.7. The van der Waals surface area contributed by atoms with Gasteiger partial charge >= 0.3 is 11.9 Å². The number of carboxylic acid groups (broad SMARTS) is 1. The fourth-order valence-corrected chi connectivity index (χ4v) is 6.49. The van der Waals surface area contributed by atoms with E-state index >= 15 is 0 Å². The van der Waals surface area contributed by atoms with Gasteiger partial charge in [-0.25, -0.2) is 4.79 Å². The SMILES string of the molecule is CC/C=C\C/C=C\C/C=C\CCCCCC(=O)OC(CCCCCCCCCCCCCCCC)CCCCCCCC(=O)NCC(=O)NC(CO)C(=O)O. The lowest BCUT2D eigenvalue weighted by Crippen LogP contribution is -2.47. The fourth-order valence-electron chi connectivity index (χ4n) is 6.49. The summed E-state index contributed by atoms with van der Waals surface area (Å²) in [6.45, 7) is 3.38. The lowest BCUT2D eigenvalue weighted by molar-refractivity contribution is -0.150. The average Bonchev–Trinajstić information content (AvgIpc) is 3.17. The summed E-state index contributed by atoms with van der Waals surface area (Å²) in [4.78, 5) is 47.6. The molecule has 0 aromatic rings. The second-order valence-electron chi connectivity index (χ2n) is 15.1. The first-order chi connectivity index (χ1) is 26.8. The minimum absolute atomic E-state index is 0.0261. The number of carbonyl (C=O) groups is 4. The summed E-state index contributed by atoms with van der Waals surface area (Å²) in [6.07, 6.45) is 46.0. The molecule has 4 N–H and O–H groups in total. The molecule has 9 nitrogen and oxygen atoms in total. The summed E-state index contributed by atoms with van der Waals surface area (Å²) >= 11 is 0. The zero-order valence-corrected chi connectivity index (χ0v) is 35.2. The Kier molecular flexibility index (Phi) is 38.5. The van der Waals surface area contributed by atoms with Crippen LogP contribution in [0.15, 0.2) is 36.5 Å². The highest BCUT2D eigenvalue weighted by molar-refractivity contribution is 5.87. The van der Waals surface area contributed by atoms with Crippen molar-refractivity contribution in [2.75, 3.05) is 13.2 Å². The Morgan fingerprint density at radius 2 is 1.04 bits per heavy atom. The van der Waals surface area contributed by atoms with Crippen LogP contribution in [0.25, 0.3) is 0 Å². The number of rotatable bonds is 40. The van der Waals surface area contributed by atoms with Crippen LogP contribution in [-0.2, 0) is 23.9 Å². The molecule has 55 heavy (non-hydrogen) atoms. The first-order valence-corrected chi connectivity index (χ1v) is 22.4. The number of nitrogens with one attached hydrogen (secondary N) is 2. The molecule has 0 saturated carbocycles. The van der Waals surface area contributed by atoms with E-state index in [1.807, 2.05) is 0 Å². The minimum atomic E-state index is -1.38. The van der Waals surface area contributed by atoms with Gasteiger partial charge in [-0.05, 0) is 70.6 Å². The second-order valence-corrected chi connectivity index (χ2v) is 15.1. The van der Waals surface area contributed by atoms with Crippen LogP contribution < -0.4 is 10.6 Å². The quantitative estimate of drug-likeness (QED) is 0.0276. The first kappa shape index (κ1) is 52.1. The van der Waals surface area contributed by atoms with Gasteiger partial charge in [-0.1, -0.05) is 159 Å². The van der Waals surface area contributed by atoms with E-state index in [0.717, 1.165) is 89.9 Å². The van der Waals surface area contributed by atoms with E-state index in [1.165, 1.54) is 83.5 Å². The number of ether oxygens (including phenoxy) is 1. The Hall–Kier alpha value is -2.94. The number of hydrogen-bond donors (Lipinski definition) is 4. The lowest BCUT2D eigenvalue weighted by Gasteiger charge is -2.18. The van der Waals surface area contributed by atoms with Crippen molar-refractivity contribution in [1.29, 1.82) is 0 Å². The van der Waals surface area contributed by atoms with Gasteiger partial charge in [0.1, 0.15) is 12.1 Å². The Morgan fingerprint density at radius 3 is 1.56 bits per heavy atom. The highest BCUT2D eigenvalue weighted by atomic mass is 16.5. The van der Waals surface area contributed by atoms with Crippen molar-refractivity contribution in [3.63, 3.8) is 0 Å². The second kappa shape index (κ2) is 40.7. The molecule has 318 valence electrons. The molecule has 9 heteroatoms. The summed E-state index contributed by atoms with van der Waals surface area (Å²) in [5.74, 6) is -2.32. The molecule has 0 aromatic heterocycles. The zero-order valence-electron chi connectivity index (χ0n) is 35.2. The Labute approximate surface area is 336 Å². The number of aliphatic hydroxyl groups excluding tert-OH is 1. The molecule has 2 amide bonds. The molecule has 0 aliphatic carbocycles. The van der Waals surface area contributed by atoms with Crippen LogP contribution in [0.4, 0.5) is 0 Å². The number of hydrogen-bond acceptors (Lipinski definition) is 6. The molecule has 0 fully saturated rings. The van der Waals surface area contributed by atoms with Crippen LogP contribution in [0, 0.1) is 0 Å². The van der Waals surface area contributed by atoms with Crippen molar-refractivity contribution in [3.05, 3.63) is 36.5 Å². The summed E-state index contributed by atoms with van der Waals surface area (Å²) in [6, 6.07) is -1.38. The third-order valence-corrected chi connectivity index (χ3v) is 9.90. The molecule has 0 spiro atoms. The number of aliphatic carboxylic acids is 1. The molecular formula is C46H82N2O7. The van der Waals surface area contributed by atoms with E-state index in [4.69, 9.17) is 14.9 Å². The van der Waals surface area contributed by atoms with Gasteiger partial charge < -0.3 is 25.6 Å². The molecule has 0 aliphatic heterocycles. The highest BCUT2D eigenvalue weighted by Gasteiger charge is 2.19. The van der Waals surface area contributed by atoms with Crippen LogP contribution in [0.5, 0.6) is 0 Å². The maximum Gasteiger partial charge on any atom is 0.328 e. The summed E-state index contributed by atoms with van der Waals surface area (Å²) in [5, 5.41) is 22.6. The predicted molar refractivity (Wildman–Crippen MR) is 227 cm³/mol. The van der Waals surface area contributed by atoms with Crippen molar-refractivity contribution in [3.8, 4) is 0 Å². The molecule has 0 bridgehead atoms. The van der Waals surface area contributed by atoms with Gasteiger partial charge in [0.2, 0.25) is 11.8 Å². The number of allylic oxidation sites excluding steroid dienone is 6. The summed E-state index contributed by atoms with van der Waals surface area (Å²) in [7, 11) is 0. The van der Waals surface area contributed by atoms with E-state index in [2.05, 4.69) is 60.9 Å². The van der Waals surface area contributed by atoms with E-state index < -0.39 is 24.5 Å². The predicted octanol–water partition coefficient (Wildman–Crippen LogP) is 11.0. The molecule has 2 unspecified atom stereocenters.